The third kappa shape index (κ3) is 2.97. The number of benzene rings is 1. The number of carbonyl (C=O) groups excluding carboxylic acids is 1. The molecule has 0 atom stereocenters. The Hall–Kier alpha value is -2.56. The maximum Gasteiger partial charge on any atom is 0.340 e. The lowest BCUT2D eigenvalue weighted by Crippen LogP contribution is -2.20. The van der Waals surface area contributed by atoms with Crippen LogP contribution in [0.25, 0.3) is 0 Å². The zero-order valence-electron chi connectivity index (χ0n) is 12.5. The van der Waals surface area contributed by atoms with Crippen LogP contribution < -0.4 is 10.6 Å². The van der Waals surface area contributed by atoms with E-state index in [1.807, 2.05) is 43.0 Å². The molecule has 1 heterocycles. The van der Waals surface area contributed by atoms with Crippen LogP contribution in [0.5, 0.6) is 0 Å². The van der Waals surface area contributed by atoms with Gasteiger partial charge in [0.2, 0.25) is 0 Å². The number of esters is 1. The second-order valence-electron chi connectivity index (χ2n) is 4.67. The molecule has 0 bridgehead atoms. The van der Waals surface area contributed by atoms with Gasteiger partial charge in [-0.15, -0.1) is 0 Å². The topological polar surface area (TPSA) is 68.5 Å². The molecular weight excluding hydrogens is 266 g/mol. The third-order valence-electron chi connectivity index (χ3n) is 3.29. The summed E-state index contributed by atoms with van der Waals surface area (Å²) in [5.41, 5.74) is 8.91. The quantitative estimate of drug-likeness (QED) is 0.875. The van der Waals surface area contributed by atoms with Gasteiger partial charge in [0.1, 0.15) is 0 Å². The lowest BCUT2D eigenvalue weighted by molar-refractivity contribution is 0.0602. The van der Waals surface area contributed by atoms with Gasteiger partial charge >= 0.3 is 5.97 Å². The van der Waals surface area contributed by atoms with Crippen LogP contribution in [0.15, 0.2) is 36.5 Å². The average Bonchev–Trinajstić information content (AvgIpc) is 2.50. The van der Waals surface area contributed by atoms with E-state index in [4.69, 9.17) is 10.5 Å². The van der Waals surface area contributed by atoms with Crippen molar-refractivity contribution in [2.24, 2.45) is 0 Å². The fourth-order valence-corrected chi connectivity index (χ4v) is 2.14. The van der Waals surface area contributed by atoms with Gasteiger partial charge in [-0.05, 0) is 32.0 Å². The Bertz CT molecular complexity index is 638. The van der Waals surface area contributed by atoms with Crippen LogP contribution in [-0.2, 0) is 4.74 Å². The Labute approximate surface area is 124 Å². The second kappa shape index (κ2) is 6.26. The van der Waals surface area contributed by atoms with Crippen LogP contribution >= 0.6 is 0 Å². The van der Waals surface area contributed by atoms with Crippen LogP contribution in [0.4, 0.5) is 17.2 Å². The number of nitrogens with zero attached hydrogens (tertiary/aromatic N) is 2. The second-order valence-corrected chi connectivity index (χ2v) is 4.67. The summed E-state index contributed by atoms with van der Waals surface area (Å²) in [6, 6.07) is 9.62. The molecule has 1 aromatic heterocycles. The van der Waals surface area contributed by atoms with Crippen molar-refractivity contribution in [2.75, 3.05) is 24.3 Å². The predicted octanol–water partition coefficient (Wildman–Crippen LogP) is 2.92. The first kappa shape index (κ1) is 14.8. The zero-order chi connectivity index (χ0) is 15.4. The number of aromatic nitrogens is 1. The van der Waals surface area contributed by atoms with Gasteiger partial charge in [-0.3, -0.25) is 0 Å². The SMILES string of the molecule is CCN(c1ccc(C)cc1)c1nccc(C(=O)OC)c1N. The lowest BCUT2D eigenvalue weighted by atomic mass is 10.2. The molecule has 0 aliphatic rings. The van der Waals surface area contributed by atoms with Crippen LogP contribution in [0.1, 0.15) is 22.8 Å². The molecule has 2 rings (SSSR count). The van der Waals surface area contributed by atoms with Gasteiger partial charge in [0.05, 0.1) is 18.4 Å². The van der Waals surface area contributed by atoms with E-state index in [1.165, 1.54) is 12.7 Å². The maximum absolute atomic E-state index is 11.7. The van der Waals surface area contributed by atoms with Gasteiger partial charge in [0.15, 0.2) is 5.82 Å². The third-order valence-corrected chi connectivity index (χ3v) is 3.29. The number of nitrogen functional groups attached to an aromatic ring is 1. The predicted molar refractivity (Wildman–Crippen MR) is 83.8 cm³/mol. The van der Waals surface area contributed by atoms with Crippen molar-refractivity contribution in [3.05, 3.63) is 47.7 Å². The van der Waals surface area contributed by atoms with Crippen molar-refractivity contribution in [3.8, 4) is 0 Å². The molecule has 0 saturated heterocycles. The highest BCUT2D eigenvalue weighted by atomic mass is 16.5. The number of rotatable bonds is 4. The summed E-state index contributed by atoms with van der Waals surface area (Å²) < 4.78 is 4.74. The number of aryl methyl sites for hydroxylation is 1. The number of anilines is 3. The molecule has 0 unspecified atom stereocenters. The van der Waals surface area contributed by atoms with Crippen molar-refractivity contribution in [1.82, 2.24) is 4.98 Å². The normalized spacial score (nSPS) is 10.2. The smallest absolute Gasteiger partial charge is 0.340 e. The fourth-order valence-electron chi connectivity index (χ4n) is 2.14. The van der Waals surface area contributed by atoms with Crippen molar-refractivity contribution < 1.29 is 9.53 Å². The minimum absolute atomic E-state index is 0.326. The molecule has 5 nitrogen and oxygen atoms in total. The Morgan fingerprint density at radius 3 is 2.52 bits per heavy atom. The monoisotopic (exact) mass is 285 g/mol. The van der Waals surface area contributed by atoms with E-state index in [9.17, 15) is 4.79 Å². The molecule has 0 amide bonds. The largest absolute Gasteiger partial charge is 0.465 e. The number of methoxy groups -OCH3 is 1. The lowest BCUT2D eigenvalue weighted by Gasteiger charge is -2.24. The van der Waals surface area contributed by atoms with E-state index in [2.05, 4.69) is 4.98 Å². The van der Waals surface area contributed by atoms with Crippen LogP contribution in [0, 0.1) is 6.92 Å². The number of carbonyl (C=O) groups is 1. The van der Waals surface area contributed by atoms with Crippen molar-refractivity contribution in [1.29, 1.82) is 0 Å². The van der Waals surface area contributed by atoms with Crippen molar-refractivity contribution >= 4 is 23.2 Å². The van der Waals surface area contributed by atoms with E-state index < -0.39 is 5.97 Å². The summed E-state index contributed by atoms with van der Waals surface area (Å²) in [5, 5.41) is 0. The molecule has 2 aromatic rings. The summed E-state index contributed by atoms with van der Waals surface area (Å²) in [5.74, 6) is 0.0976. The summed E-state index contributed by atoms with van der Waals surface area (Å²) in [4.78, 5) is 18.0. The summed E-state index contributed by atoms with van der Waals surface area (Å²) in [6.45, 7) is 4.72. The highest BCUT2D eigenvalue weighted by Gasteiger charge is 2.18. The Balaban J connectivity index is 2.48. The highest BCUT2D eigenvalue weighted by Crippen LogP contribution is 2.30. The van der Waals surface area contributed by atoms with Gasteiger partial charge in [-0.1, -0.05) is 17.7 Å². The zero-order valence-corrected chi connectivity index (χ0v) is 12.5. The van der Waals surface area contributed by atoms with E-state index in [0.29, 0.717) is 23.6 Å². The molecule has 2 N–H and O–H groups in total. The number of hydrogen-bond acceptors (Lipinski definition) is 5. The molecule has 110 valence electrons. The highest BCUT2D eigenvalue weighted by molar-refractivity contribution is 5.98. The Morgan fingerprint density at radius 2 is 1.95 bits per heavy atom. The van der Waals surface area contributed by atoms with E-state index in [1.54, 1.807) is 12.3 Å². The van der Waals surface area contributed by atoms with Gasteiger partial charge in [0.25, 0.3) is 0 Å². The van der Waals surface area contributed by atoms with Gasteiger partial charge in [-0.2, -0.15) is 0 Å². The summed E-state index contributed by atoms with van der Waals surface area (Å²) in [6.07, 6.45) is 1.56. The Kier molecular flexibility index (Phi) is 4.42. The summed E-state index contributed by atoms with van der Waals surface area (Å²) >= 11 is 0. The molecule has 5 heteroatoms. The van der Waals surface area contributed by atoms with E-state index in [-0.39, 0.29) is 0 Å². The molecule has 0 aliphatic carbocycles. The first-order valence-corrected chi connectivity index (χ1v) is 6.75. The van der Waals surface area contributed by atoms with Gasteiger partial charge < -0.3 is 15.4 Å². The molecule has 0 saturated carbocycles. The number of nitrogens with two attached hydrogens (primary N) is 1. The molecule has 0 radical (unpaired) electrons. The molecule has 0 spiro atoms. The number of pyridine rings is 1. The minimum atomic E-state index is -0.462. The minimum Gasteiger partial charge on any atom is -0.465 e. The first-order valence-electron chi connectivity index (χ1n) is 6.75. The fraction of sp³-hybridized carbons (Fsp3) is 0.250. The standard InChI is InChI=1S/C16H19N3O2/c1-4-19(12-7-5-11(2)6-8-12)15-14(17)13(9-10-18-15)16(20)21-3/h5-10H,4,17H2,1-3H3. The average molecular weight is 285 g/mol. The molecule has 0 fully saturated rings. The molecule has 1 aromatic carbocycles. The van der Waals surface area contributed by atoms with Gasteiger partial charge in [0, 0.05) is 18.4 Å². The Morgan fingerprint density at radius 1 is 1.29 bits per heavy atom. The molecule has 0 aliphatic heterocycles. The van der Waals surface area contributed by atoms with Gasteiger partial charge in [-0.25, -0.2) is 9.78 Å². The van der Waals surface area contributed by atoms with Crippen molar-refractivity contribution in [2.45, 2.75) is 13.8 Å². The van der Waals surface area contributed by atoms with E-state index >= 15 is 0 Å². The molecule has 21 heavy (non-hydrogen) atoms. The number of hydrogen-bond donors (Lipinski definition) is 1. The van der Waals surface area contributed by atoms with Crippen LogP contribution in [0.3, 0.4) is 0 Å². The first-order chi connectivity index (χ1) is 10.1. The van der Waals surface area contributed by atoms with E-state index in [0.717, 1.165) is 5.69 Å². The van der Waals surface area contributed by atoms with Crippen molar-refractivity contribution in [3.63, 3.8) is 0 Å². The molecular formula is C16H19N3O2. The number of ether oxygens (including phenoxy) is 1. The van der Waals surface area contributed by atoms with Crippen LogP contribution in [0.2, 0.25) is 0 Å². The maximum atomic E-state index is 11.7. The summed E-state index contributed by atoms with van der Waals surface area (Å²) in [7, 11) is 1.33. The van der Waals surface area contributed by atoms with Crippen LogP contribution in [-0.4, -0.2) is 24.6 Å².